The molecule has 31 heavy (non-hydrogen) atoms. The van der Waals surface area contributed by atoms with E-state index in [0.29, 0.717) is 23.3 Å². The van der Waals surface area contributed by atoms with Crippen LogP contribution in [0, 0.1) is 6.92 Å². The molecule has 0 amide bonds. The third-order valence-corrected chi connectivity index (χ3v) is 6.20. The first-order valence-electron chi connectivity index (χ1n) is 9.36. The van der Waals surface area contributed by atoms with Crippen LogP contribution in [-0.4, -0.2) is 11.9 Å². The highest BCUT2D eigenvalue weighted by atomic mass is 79.9. The summed E-state index contributed by atoms with van der Waals surface area (Å²) in [5.74, 6) is 0.469. The van der Waals surface area contributed by atoms with Crippen molar-refractivity contribution in [1.82, 2.24) is 0 Å². The lowest BCUT2D eigenvalue weighted by Crippen LogP contribution is -2.06. The highest BCUT2D eigenvalue weighted by Crippen LogP contribution is 2.36. The lowest BCUT2D eigenvalue weighted by Gasteiger charge is -2.12. The Kier molecular flexibility index (Phi) is 6.60. The maximum Gasteiger partial charge on any atom is 0.363 e. The lowest BCUT2D eigenvalue weighted by molar-refractivity contribution is -0.129. The first-order valence-corrected chi connectivity index (χ1v) is 11.3. The molecule has 3 aromatic carbocycles. The molecule has 7 heteroatoms. The zero-order valence-electron chi connectivity index (χ0n) is 16.4. The molecule has 0 saturated heterocycles. The van der Waals surface area contributed by atoms with E-state index in [4.69, 9.17) is 21.1 Å². The Bertz CT molecular complexity index is 1210. The first kappa shape index (κ1) is 21.8. The minimum Gasteiger partial charge on any atom is -0.486 e. The molecular weight excluding hydrogens is 546 g/mol. The quantitative estimate of drug-likeness (QED) is 0.247. The summed E-state index contributed by atoms with van der Waals surface area (Å²) in [5.41, 5.74) is 3.68. The minimum absolute atomic E-state index is 0.238. The monoisotopic (exact) mass is 559 g/mol. The molecule has 0 unspecified atom stereocenters. The number of carbonyl (C=O) groups excluding carboxylic acids is 1. The minimum atomic E-state index is -0.482. The third-order valence-electron chi connectivity index (χ3n) is 4.65. The third kappa shape index (κ3) is 4.92. The van der Waals surface area contributed by atoms with Crippen LogP contribution in [-0.2, 0) is 16.1 Å². The van der Waals surface area contributed by atoms with Crippen molar-refractivity contribution >= 4 is 61.4 Å². The van der Waals surface area contributed by atoms with Crippen molar-refractivity contribution in [3.8, 4) is 5.75 Å². The molecule has 0 bridgehead atoms. The molecule has 0 fully saturated rings. The molecule has 3 aromatic rings. The van der Waals surface area contributed by atoms with E-state index < -0.39 is 5.97 Å². The number of benzene rings is 3. The summed E-state index contributed by atoms with van der Waals surface area (Å²) in [6, 6.07) is 18.9. The van der Waals surface area contributed by atoms with Crippen molar-refractivity contribution in [1.29, 1.82) is 0 Å². The summed E-state index contributed by atoms with van der Waals surface area (Å²) < 4.78 is 12.8. The van der Waals surface area contributed by atoms with E-state index in [-0.39, 0.29) is 5.70 Å². The number of hydrogen-bond donors (Lipinski definition) is 0. The molecule has 4 rings (SSSR count). The van der Waals surface area contributed by atoms with E-state index in [0.717, 1.165) is 31.2 Å². The van der Waals surface area contributed by atoms with Gasteiger partial charge in [0.2, 0.25) is 5.90 Å². The predicted molar refractivity (Wildman–Crippen MR) is 129 cm³/mol. The van der Waals surface area contributed by atoms with E-state index >= 15 is 0 Å². The van der Waals surface area contributed by atoms with E-state index in [1.54, 1.807) is 6.08 Å². The van der Waals surface area contributed by atoms with Crippen molar-refractivity contribution in [3.63, 3.8) is 0 Å². The highest BCUT2D eigenvalue weighted by molar-refractivity contribution is 9.11. The van der Waals surface area contributed by atoms with Crippen LogP contribution >= 0.6 is 43.5 Å². The smallest absolute Gasteiger partial charge is 0.363 e. The van der Waals surface area contributed by atoms with Crippen LogP contribution in [0.15, 0.2) is 80.3 Å². The van der Waals surface area contributed by atoms with Crippen LogP contribution in [0.2, 0.25) is 5.02 Å². The molecular formula is C24H16Br2ClNO3. The Morgan fingerprint density at radius 1 is 1.06 bits per heavy atom. The van der Waals surface area contributed by atoms with Gasteiger partial charge >= 0.3 is 5.97 Å². The Hall–Kier alpha value is -2.41. The van der Waals surface area contributed by atoms with Crippen molar-refractivity contribution in [3.05, 3.63) is 103 Å². The highest BCUT2D eigenvalue weighted by Gasteiger charge is 2.25. The molecule has 0 saturated carbocycles. The Balaban J connectivity index is 1.58. The van der Waals surface area contributed by atoms with E-state index in [1.807, 2.05) is 67.6 Å². The molecule has 0 aromatic heterocycles. The molecule has 4 nitrogen and oxygen atoms in total. The topological polar surface area (TPSA) is 47.9 Å². The van der Waals surface area contributed by atoms with Gasteiger partial charge in [-0.15, -0.1) is 0 Å². The van der Waals surface area contributed by atoms with Crippen molar-refractivity contribution < 1.29 is 14.3 Å². The molecule has 0 aliphatic carbocycles. The second-order valence-corrected chi connectivity index (χ2v) is 8.96. The van der Waals surface area contributed by atoms with Crippen molar-refractivity contribution in [2.75, 3.05) is 0 Å². The molecule has 0 N–H and O–H groups in total. The fourth-order valence-electron chi connectivity index (χ4n) is 3.06. The van der Waals surface area contributed by atoms with Gasteiger partial charge in [0.05, 0.1) is 8.95 Å². The average molecular weight is 562 g/mol. The van der Waals surface area contributed by atoms with E-state index in [2.05, 4.69) is 36.9 Å². The molecule has 1 aliphatic heterocycles. The summed E-state index contributed by atoms with van der Waals surface area (Å²) >= 11 is 13.3. The number of aryl methyl sites for hydroxylation is 1. The molecule has 0 radical (unpaired) electrons. The van der Waals surface area contributed by atoms with Crippen molar-refractivity contribution in [2.24, 2.45) is 4.99 Å². The molecule has 156 valence electrons. The largest absolute Gasteiger partial charge is 0.486 e. The van der Waals surface area contributed by atoms with Crippen LogP contribution < -0.4 is 4.74 Å². The molecule has 1 aliphatic rings. The van der Waals surface area contributed by atoms with Gasteiger partial charge in [0.15, 0.2) is 5.70 Å². The van der Waals surface area contributed by atoms with E-state index in [9.17, 15) is 4.79 Å². The first-order chi connectivity index (χ1) is 14.9. The lowest BCUT2D eigenvalue weighted by atomic mass is 10.1. The number of esters is 1. The van der Waals surface area contributed by atoms with Gasteiger partial charge in [-0.05, 0) is 80.3 Å². The van der Waals surface area contributed by atoms with Crippen LogP contribution in [0.4, 0.5) is 0 Å². The number of nitrogens with zero attached hydrogens (tertiary/aromatic N) is 1. The number of ether oxygens (including phenoxy) is 2. The second kappa shape index (κ2) is 9.39. The van der Waals surface area contributed by atoms with Gasteiger partial charge in [0.25, 0.3) is 0 Å². The number of rotatable bonds is 5. The van der Waals surface area contributed by atoms with Crippen LogP contribution in [0.3, 0.4) is 0 Å². The number of halogens is 3. The average Bonchev–Trinajstić information content (AvgIpc) is 3.09. The zero-order valence-corrected chi connectivity index (χ0v) is 20.3. The van der Waals surface area contributed by atoms with Gasteiger partial charge in [-0.25, -0.2) is 9.79 Å². The van der Waals surface area contributed by atoms with Crippen LogP contribution in [0.5, 0.6) is 5.75 Å². The maximum atomic E-state index is 12.3. The molecule has 0 spiro atoms. The zero-order chi connectivity index (χ0) is 22.0. The second-order valence-electron chi connectivity index (χ2n) is 6.84. The molecule has 0 atom stereocenters. The summed E-state index contributed by atoms with van der Waals surface area (Å²) in [6.07, 6.45) is 1.68. The summed E-state index contributed by atoms with van der Waals surface area (Å²) in [4.78, 5) is 16.7. The Morgan fingerprint density at radius 2 is 1.74 bits per heavy atom. The Morgan fingerprint density at radius 3 is 2.45 bits per heavy atom. The van der Waals surface area contributed by atoms with Crippen molar-refractivity contribution in [2.45, 2.75) is 13.5 Å². The van der Waals surface area contributed by atoms with Gasteiger partial charge < -0.3 is 9.47 Å². The van der Waals surface area contributed by atoms with Gasteiger partial charge in [0, 0.05) is 16.1 Å². The summed E-state index contributed by atoms with van der Waals surface area (Å²) in [7, 11) is 0. The fraction of sp³-hybridized carbons (Fsp3) is 0.0833. The number of hydrogen-bond acceptors (Lipinski definition) is 4. The number of cyclic esters (lactones) is 1. The normalized spacial score (nSPS) is 14.5. The number of aliphatic imine (C=N–C) groups is 1. The Labute approximate surface area is 201 Å². The van der Waals surface area contributed by atoms with Gasteiger partial charge in [0.1, 0.15) is 12.4 Å². The van der Waals surface area contributed by atoms with Crippen LogP contribution in [0.1, 0.15) is 22.3 Å². The SMILES string of the molecule is Cc1ccccc1C1=N/C(=C\c2cc(Br)c(OCc3ccccc3Cl)c(Br)c2)C(=O)O1. The standard InChI is InChI=1S/C24H16Br2ClNO3/c1-14-6-2-4-8-17(14)23-28-21(24(29)31-23)12-15-10-18(25)22(19(26)11-15)30-13-16-7-3-5-9-20(16)27/h2-12H,13H2,1H3/b21-12-. The van der Waals surface area contributed by atoms with Crippen LogP contribution in [0.25, 0.3) is 6.08 Å². The van der Waals surface area contributed by atoms with Gasteiger partial charge in [-0.1, -0.05) is 48.0 Å². The van der Waals surface area contributed by atoms with Gasteiger partial charge in [-0.2, -0.15) is 0 Å². The number of carbonyl (C=O) groups is 1. The predicted octanol–water partition coefficient (Wildman–Crippen LogP) is 7.10. The van der Waals surface area contributed by atoms with E-state index in [1.165, 1.54) is 0 Å². The van der Waals surface area contributed by atoms with Gasteiger partial charge in [-0.3, -0.25) is 0 Å². The maximum absolute atomic E-state index is 12.3. The summed E-state index contributed by atoms with van der Waals surface area (Å²) in [6.45, 7) is 2.27. The fourth-order valence-corrected chi connectivity index (χ4v) is 4.70. The summed E-state index contributed by atoms with van der Waals surface area (Å²) in [5, 5.41) is 0.651. The molecule has 1 heterocycles.